The molecule has 1 aliphatic heterocycles. The topological polar surface area (TPSA) is 71.7 Å². The van der Waals surface area contributed by atoms with E-state index in [1.807, 2.05) is 49.4 Å². The molecule has 2 atom stereocenters. The molecule has 23 heavy (non-hydrogen) atoms. The molecule has 0 saturated carbocycles. The number of nitrogens with zero attached hydrogens (tertiary/aromatic N) is 1. The van der Waals surface area contributed by atoms with Gasteiger partial charge in [0.1, 0.15) is 11.9 Å². The van der Waals surface area contributed by atoms with Gasteiger partial charge in [-0.2, -0.15) is 0 Å². The SMILES string of the molecule is COc1ccc2c(c1)C(c1ccc(Cl)cc1)=NC(C)C(NN)N2. The van der Waals surface area contributed by atoms with Crippen LogP contribution in [0.1, 0.15) is 18.1 Å². The summed E-state index contributed by atoms with van der Waals surface area (Å²) in [6.45, 7) is 2.01. The molecule has 1 heterocycles. The number of halogens is 1. The Labute approximate surface area is 140 Å². The van der Waals surface area contributed by atoms with E-state index in [2.05, 4.69) is 10.7 Å². The number of rotatable bonds is 3. The number of fused-ring (bicyclic) bond motifs is 1. The van der Waals surface area contributed by atoms with Crippen molar-refractivity contribution in [3.63, 3.8) is 0 Å². The molecule has 6 heteroatoms. The predicted molar refractivity (Wildman–Crippen MR) is 94.3 cm³/mol. The standard InChI is InChI=1S/C17H19ClN4O/c1-10-17(22-19)21-15-8-7-13(23-2)9-14(15)16(20-10)11-3-5-12(18)6-4-11/h3-10,17,21-22H,19H2,1-2H3. The van der Waals surface area contributed by atoms with Gasteiger partial charge in [-0.05, 0) is 37.3 Å². The summed E-state index contributed by atoms with van der Waals surface area (Å²) in [6.07, 6.45) is -0.160. The maximum atomic E-state index is 6.01. The average molecular weight is 331 g/mol. The van der Waals surface area contributed by atoms with Gasteiger partial charge < -0.3 is 10.1 Å². The highest BCUT2D eigenvalue weighted by atomic mass is 35.5. The average Bonchev–Trinajstić information content (AvgIpc) is 2.71. The first-order chi connectivity index (χ1) is 11.1. The monoisotopic (exact) mass is 330 g/mol. The van der Waals surface area contributed by atoms with Crippen LogP contribution >= 0.6 is 11.6 Å². The molecule has 0 aliphatic carbocycles. The van der Waals surface area contributed by atoms with Gasteiger partial charge in [0.25, 0.3) is 0 Å². The molecule has 0 spiro atoms. The van der Waals surface area contributed by atoms with Crippen LogP contribution in [0.25, 0.3) is 0 Å². The Morgan fingerprint density at radius 1 is 1.22 bits per heavy atom. The van der Waals surface area contributed by atoms with E-state index in [0.717, 1.165) is 28.3 Å². The van der Waals surface area contributed by atoms with Crippen LogP contribution in [-0.2, 0) is 0 Å². The number of methoxy groups -OCH3 is 1. The van der Waals surface area contributed by atoms with Gasteiger partial charge in [0.15, 0.2) is 0 Å². The van der Waals surface area contributed by atoms with Crippen molar-refractivity contribution in [2.24, 2.45) is 10.8 Å². The molecule has 2 aromatic carbocycles. The van der Waals surface area contributed by atoms with Crippen molar-refractivity contribution in [1.29, 1.82) is 0 Å². The van der Waals surface area contributed by atoms with E-state index in [9.17, 15) is 0 Å². The highest BCUT2D eigenvalue weighted by Gasteiger charge is 2.24. The lowest BCUT2D eigenvalue weighted by Crippen LogP contribution is -2.47. The van der Waals surface area contributed by atoms with Gasteiger partial charge in [-0.15, -0.1) is 0 Å². The fourth-order valence-electron chi connectivity index (χ4n) is 2.63. The lowest BCUT2D eigenvalue weighted by molar-refractivity contribution is 0.415. The number of nitrogens with one attached hydrogen (secondary N) is 2. The summed E-state index contributed by atoms with van der Waals surface area (Å²) in [5, 5.41) is 4.08. The van der Waals surface area contributed by atoms with Crippen molar-refractivity contribution in [1.82, 2.24) is 5.43 Å². The number of nitrogens with two attached hydrogens (primary N) is 1. The zero-order chi connectivity index (χ0) is 16.4. The van der Waals surface area contributed by atoms with Crippen LogP contribution in [0.4, 0.5) is 5.69 Å². The van der Waals surface area contributed by atoms with Crippen molar-refractivity contribution in [3.8, 4) is 5.75 Å². The maximum absolute atomic E-state index is 6.01. The van der Waals surface area contributed by atoms with Crippen molar-refractivity contribution in [2.45, 2.75) is 19.1 Å². The Balaban J connectivity index is 2.17. The highest BCUT2D eigenvalue weighted by Crippen LogP contribution is 2.29. The van der Waals surface area contributed by atoms with Crippen LogP contribution in [0.3, 0.4) is 0 Å². The molecular weight excluding hydrogens is 312 g/mol. The molecule has 3 rings (SSSR count). The van der Waals surface area contributed by atoms with Crippen molar-refractivity contribution < 1.29 is 4.74 Å². The lowest BCUT2D eigenvalue weighted by Gasteiger charge is -2.20. The van der Waals surface area contributed by atoms with Crippen molar-refractivity contribution in [3.05, 3.63) is 58.6 Å². The molecular formula is C17H19ClN4O. The first kappa shape index (κ1) is 15.8. The minimum atomic E-state index is -0.160. The summed E-state index contributed by atoms with van der Waals surface area (Å²) in [4.78, 5) is 4.86. The minimum Gasteiger partial charge on any atom is -0.497 e. The van der Waals surface area contributed by atoms with E-state index in [1.54, 1.807) is 7.11 Å². The molecule has 1 aliphatic rings. The van der Waals surface area contributed by atoms with Gasteiger partial charge in [0.2, 0.25) is 0 Å². The van der Waals surface area contributed by atoms with Gasteiger partial charge in [-0.1, -0.05) is 23.7 Å². The minimum absolute atomic E-state index is 0.0518. The molecule has 0 amide bonds. The fraction of sp³-hybridized carbons (Fsp3) is 0.235. The number of hydrogen-bond donors (Lipinski definition) is 3. The lowest BCUT2D eigenvalue weighted by atomic mass is 10.0. The van der Waals surface area contributed by atoms with E-state index in [-0.39, 0.29) is 12.2 Å². The molecule has 2 unspecified atom stereocenters. The van der Waals surface area contributed by atoms with E-state index in [1.165, 1.54) is 0 Å². The number of benzene rings is 2. The van der Waals surface area contributed by atoms with Crippen LogP contribution in [-0.4, -0.2) is 25.0 Å². The van der Waals surface area contributed by atoms with E-state index in [0.29, 0.717) is 5.02 Å². The number of aliphatic imine (C=N–C) groups is 1. The van der Waals surface area contributed by atoms with Crippen molar-refractivity contribution >= 4 is 23.0 Å². The third kappa shape index (κ3) is 3.17. The quantitative estimate of drug-likeness (QED) is 0.598. The Morgan fingerprint density at radius 3 is 2.61 bits per heavy atom. The molecule has 5 nitrogen and oxygen atoms in total. The summed E-state index contributed by atoms with van der Waals surface area (Å²) < 4.78 is 5.36. The molecule has 4 N–H and O–H groups in total. The zero-order valence-electron chi connectivity index (χ0n) is 13.0. The van der Waals surface area contributed by atoms with E-state index >= 15 is 0 Å². The smallest absolute Gasteiger partial charge is 0.119 e. The number of hydrogen-bond acceptors (Lipinski definition) is 5. The number of benzodiazepines with no additional fused rings is 1. The van der Waals surface area contributed by atoms with Gasteiger partial charge >= 0.3 is 0 Å². The van der Waals surface area contributed by atoms with Gasteiger partial charge in [0, 0.05) is 21.8 Å². The largest absolute Gasteiger partial charge is 0.497 e. The second kappa shape index (κ2) is 6.58. The normalized spacial score (nSPS) is 20.1. The van der Waals surface area contributed by atoms with Crippen LogP contribution in [0.15, 0.2) is 47.5 Å². The first-order valence-electron chi connectivity index (χ1n) is 7.37. The molecule has 0 bridgehead atoms. The van der Waals surface area contributed by atoms with Gasteiger partial charge in [0.05, 0.1) is 18.9 Å². The summed E-state index contributed by atoms with van der Waals surface area (Å²) >= 11 is 6.01. The van der Waals surface area contributed by atoms with Crippen LogP contribution in [0.2, 0.25) is 5.02 Å². The molecule has 0 aromatic heterocycles. The third-order valence-electron chi connectivity index (χ3n) is 3.91. The number of ether oxygens (including phenoxy) is 1. The van der Waals surface area contributed by atoms with Crippen LogP contribution in [0.5, 0.6) is 5.75 Å². The third-order valence-corrected chi connectivity index (χ3v) is 4.16. The highest BCUT2D eigenvalue weighted by molar-refractivity contribution is 6.30. The Bertz CT molecular complexity index is 730. The van der Waals surface area contributed by atoms with Crippen LogP contribution < -0.4 is 21.3 Å². The Hall–Kier alpha value is -2.08. The number of anilines is 1. The molecule has 2 aromatic rings. The second-order valence-electron chi connectivity index (χ2n) is 5.43. The van der Waals surface area contributed by atoms with Crippen molar-refractivity contribution in [2.75, 3.05) is 12.4 Å². The Kier molecular flexibility index (Phi) is 4.52. The van der Waals surface area contributed by atoms with E-state index in [4.69, 9.17) is 27.2 Å². The molecule has 0 fully saturated rings. The summed E-state index contributed by atoms with van der Waals surface area (Å²) in [5.74, 6) is 6.43. The second-order valence-corrected chi connectivity index (χ2v) is 5.86. The number of hydrazine groups is 1. The molecule has 0 radical (unpaired) electrons. The van der Waals surface area contributed by atoms with Crippen LogP contribution in [0, 0.1) is 0 Å². The van der Waals surface area contributed by atoms with Gasteiger partial charge in [-0.25, -0.2) is 5.43 Å². The summed E-state index contributed by atoms with van der Waals surface area (Å²) in [5.41, 5.74) is 6.57. The zero-order valence-corrected chi connectivity index (χ0v) is 13.8. The van der Waals surface area contributed by atoms with E-state index < -0.39 is 0 Å². The first-order valence-corrected chi connectivity index (χ1v) is 7.75. The predicted octanol–water partition coefficient (Wildman–Crippen LogP) is 2.79. The maximum Gasteiger partial charge on any atom is 0.119 e. The molecule has 120 valence electrons. The Morgan fingerprint density at radius 2 is 1.96 bits per heavy atom. The van der Waals surface area contributed by atoms with Gasteiger partial charge in [-0.3, -0.25) is 10.8 Å². The fourth-order valence-corrected chi connectivity index (χ4v) is 2.75. The summed E-state index contributed by atoms with van der Waals surface area (Å²) in [6, 6.07) is 13.5. The molecule has 0 saturated heterocycles. The summed E-state index contributed by atoms with van der Waals surface area (Å²) in [7, 11) is 1.65.